The third-order valence-corrected chi connectivity index (χ3v) is 3.31. The summed E-state index contributed by atoms with van der Waals surface area (Å²) in [6.07, 6.45) is 5.08. The van der Waals surface area contributed by atoms with Crippen LogP contribution in [0.15, 0.2) is 0 Å². The summed E-state index contributed by atoms with van der Waals surface area (Å²) in [6.45, 7) is 15.2. The fraction of sp³-hybridized carbons (Fsp3) is 0.833. The topological polar surface area (TPSA) is 3.24 Å². The van der Waals surface area contributed by atoms with E-state index in [0.717, 1.165) is 12.3 Å². The van der Waals surface area contributed by atoms with E-state index in [0.29, 0.717) is 0 Å². The number of rotatable bonds is 4. The maximum Gasteiger partial charge on any atom is 2.00 e. The zero-order valence-corrected chi connectivity index (χ0v) is 13.8. The smallest absolute Gasteiger partial charge is 0.355 e. The second-order valence-electron chi connectivity index (χ2n) is 4.47. The molecular formula is C12H23NU. The largest absolute Gasteiger partial charge is 2.00 e. The van der Waals surface area contributed by atoms with Crippen LogP contribution in [0, 0.1) is 50.9 Å². The Morgan fingerprint density at radius 2 is 2.00 bits per heavy atom. The minimum Gasteiger partial charge on any atom is -0.355 e. The number of nitrogens with zero attached hydrogens (tertiary/aromatic N) is 1. The van der Waals surface area contributed by atoms with E-state index in [4.69, 9.17) is 0 Å². The van der Waals surface area contributed by atoms with Gasteiger partial charge in [0, 0.05) is 0 Å². The van der Waals surface area contributed by atoms with Crippen molar-refractivity contribution in [2.24, 2.45) is 5.92 Å². The van der Waals surface area contributed by atoms with Crippen molar-refractivity contribution in [3.05, 3.63) is 13.8 Å². The predicted molar refractivity (Wildman–Crippen MR) is 58.3 cm³/mol. The van der Waals surface area contributed by atoms with Gasteiger partial charge in [0.25, 0.3) is 0 Å². The van der Waals surface area contributed by atoms with Crippen molar-refractivity contribution < 1.29 is 31.1 Å². The van der Waals surface area contributed by atoms with Crippen LogP contribution < -0.4 is 0 Å². The fourth-order valence-electron chi connectivity index (χ4n) is 2.13. The molecule has 1 heterocycles. The van der Waals surface area contributed by atoms with Crippen LogP contribution in [0.2, 0.25) is 0 Å². The van der Waals surface area contributed by atoms with E-state index >= 15 is 0 Å². The average molecular weight is 419 g/mol. The third kappa shape index (κ3) is 3.87. The molecule has 1 nitrogen and oxygen atoms in total. The first-order chi connectivity index (χ1) is 6.10. The second-order valence-corrected chi connectivity index (χ2v) is 4.47. The van der Waals surface area contributed by atoms with E-state index in [1.54, 1.807) is 0 Å². The molecule has 0 aliphatic carbocycles. The minimum absolute atomic E-state index is 0. The molecule has 14 heavy (non-hydrogen) atoms. The molecule has 0 N–H and O–H groups in total. The molecule has 1 unspecified atom stereocenters. The molecule has 0 aromatic heterocycles. The number of likely N-dealkylation sites (tertiary alicyclic amines) is 1. The molecule has 0 spiro atoms. The van der Waals surface area contributed by atoms with Gasteiger partial charge in [-0.25, -0.2) is 5.54 Å². The van der Waals surface area contributed by atoms with Crippen molar-refractivity contribution in [3.63, 3.8) is 0 Å². The van der Waals surface area contributed by atoms with Crippen LogP contribution in [0.3, 0.4) is 0 Å². The Bertz CT molecular complexity index is 156. The average Bonchev–Trinajstić information content (AvgIpc) is 2.54. The van der Waals surface area contributed by atoms with E-state index in [2.05, 4.69) is 32.6 Å². The fourth-order valence-corrected chi connectivity index (χ4v) is 2.13. The summed E-state index contributed by atoms with van der Waals surface area (Å²) >= 11 is 0. The van der Waals surface area contributed by atoms with Gasteiger partial charge in [-0.2, -0.15) is 0 Å². The Hall–Kier alpha value is 1.01. The van der Waals surface area contributed by atoms with E-state index in [-0.39, 0.29) is 36.7 Å². The third-order valence-electron chi connectivity index (χ3n) is 3.31. The molecule has 1 aliphatic rings. The molecule has 0 bridgehead atoms. The zero-order valence-electron chi connectivity index (χ0n) is 9.68. The van der Waals surface area contributed by atoms with Crippen molar-refractivity contribution in [1.82, 2.24) is 4.90 Å². The molecule has 0 aromatic rings. The maximum atomic E-state index is 4.18. The van der Waals surface area contributed by atoms with Gasteiger partial charge in [0.05, 0.1) is 0 Å². The molecule has 0 amide bonds. The zero-order chi connectivity index (χ0) is 9.90. The van der Waals surface area contributed by atoms with Crippen LogP contribution >= 0.6 is 0 Å². The van der Waals surface area contributed by atoms with Gasteiger partial charge < -0.3 is 18.7 Å². The van der Waals surface area contributed by atoms with Crippen molar-refractivity contribution in [2.75, 3.05) is 13.1 Å². The Balaban J connectivity index is 0.00000169. The van der Waals surface area contributed by atoms with Crippen LogP contribution in [0.4, 0.5) is 0 Å². The van der Waals surface area contributed by atoms with E-state index in [9.17, 15) is 0 Å². The summed E-state index contributed by atoms with van der Waals surface area (Å²) < 4.78 is 0. The van der Waals surface area contributed by atoms with Gasteiger partial charge in [-0.1, -0.05) is 26.7 Å². The monoisotopic (exact) mass is 419 g/mol. The minimum atomic E-state index is -0.0670. The van der Waals surface area contributed by atoms with Crippen LogP contribution in [0.5, 0.6) is 0 Å². The maximum absolute atomic E-state index is 4.18. The van der Waals surface area contributed by atoms with Gasteiger partial charge in [-0.05, 0) is 31.8 Å². The van der Waals surface area contributed by atoms with Crippen LogP contribution in [-0.4, -0.2) is 23.5 Å². The first-order valence-corrected chi connectivity index (χ1v) is 5.56. The molecule has 1 rings (SSSR count). The molecule has 0 saturated carbocycles. The predicted octanol–water partition coefficient (Wildman–Crippen LogP) is 2.93. The molecule has 0 radical (unpaired) electrons. The van der Waals surface area contributed by atoms with E-state index < -0.39 is 0 Å². The Morgan fingerprint density at radius 3 is 2.50 bits per heavy atom. The van der Waals surface area contributed by atoms with Crippen molar-refractivity contribution in [3.8, 4) is 0 Å². The van der Waals surface area contributed by atoms with E-state index in [1.165, 1.54) is 32.4 Å². The first-order valence-electron chi connectivity index (χ1n) is 5.56. The quantitative estimate of drug-likeness (QED) is 0.634. The number of hydrogen-bond acceptors (Lipinski definition) is 1. The molecule has 0 aromatic carbocycles. The first kappa shape index (κ1) is 15.0. The second kappa shape index (κ2) is 6.56. The van der Waals surface area contributed by atoms with Gasteiger partial charge in [0.2, 0.25) is 0 Å². The molecule has 2 heteroatoms. The summed E-state index contributed by atoms with van der Waals surface area (Å²) in [5.41, 5.74) is -0.0670. The van der Waals surface area contributed by atoms with Crippen molar-refractivity contribution in [2.45, 2.75) is 45.1 Å². The normalized spacial score (nSPS) is 23.6. The summed E-state index contributed by atoms with van der Waals surface area (Å²) in [4.78, 5) is 2.45. The number of hydrogen-bond donors (Lipinski definition) is 0. The molecular weight excluding hydrogens is 396 g/mol. The van der Waals surface area contributed by atoms with Crippen LogP contribution in [-0.2, 0) is 0 Å². The van der Waals surface area contributed by atoms with Crippen molar-refractivity contribution >= 4 is 0 Å². The Kier molecular flexibility index (Phi) is 7.04. The van der Waals surface area contributed by atoms with Gasteiger partial charge >= 0.3 is 31.1 Å². The summed E-state index contributed by atoms with van der Waals surface area (Å²) in [5, 5.41) is 0. The van der Waals surface area contributed by atoms with Gasteiger partial charge in [0.15, 0.2) is 0 Å². The molecule has 80 valence electrons. The van der Waals surface area contributed by atoms with Crippen LogP contribution in [0.25, 0.3) is 0 Å². The molecule has 1 aliphatic heterocycles. The molecule has 1 atom stereocenters. The van der Waals surface area contributed by atoms with Gasteiger partial charge in [-0.15, -0.1) is 0 Å². The molecule has 1 fully saturated rings. The summed E-state index contributed by atoms with van der Waals surface area (Å²) in [5.74, 6) is 0.902. The van der Waals surface area contributed by atoms with E-state index in [1.807, 2.05) is 0 Å². The Labute approximate surface area is 113 Å². The van der Waals surface area contributed by atoms with Gasteiger partial charge in [-0.3, -0.25) is 0 Å². The summed E-state index contributed by atoms with van der Waals surface area (Å²) in [6, 6.07) is 0. The standard InChI is InChI=1S/C12H23N.U/c1-5-7-11-8-9-13(10-11)12(3,4)6-2;/h11H,3-10H2,1-2H3;/q-2;+2. The summed E-state index contributed by atoms with van der Waals surface area (Å²) in [7, 11) is 0. The Morgan fingerprint density at radius 1 is 1.36 bits per heavy atom. The van der Waals surface area contributed by atoms with Crippen LogP contribution in [0.1, 0.15) is 39.5 Å². The van der Waals surface area contributed by atoms with Crippen molar-refractivity contribution in [1.29, 1.82) is 0 Å². The SMILES string of the molecule is [CH2-]C([CH2-])(CC)N1CCC(CCC)C1.[U+2]. The van der Waals surface area contributed by atoms with Gasteiger partial charge in [0.1, 0.15) is 0 Å². The molecule has 1 saturated heterocycles.